The van der Waals surface area contributed by atoms with Gasteiger partial charge in [-0.3, -0.25) is 0 Å². The van der Waals surface area contributed by atoms with E-state index in [1.165, 1.54) is 13.8 Å². The highest BCUT2D eigenvalue weighted by Crippen LogP contribution is 2.38. The van der Waals surface area contributed by atoms with Gasteiger partial charge in [-0.25, -0.2) is 13.1 Å². The Hall–Kier alpha value is -1.96. The lowest BCUT2D eigenvalue weighted by Gasteiger charge is -2.13. The number of hydrogen-bond acceptors (Lipinski definition) is 7. The lowest BCUT2D eigenvalue weighted by molar-refractivity contribution is -0.142. The summed E-state index contributed by atoms with van der Waals surface area (Å²) in [6.45, 7) is 3.51. The van der Waals surface area contributed by atoms with Crippen molar-refractivity contribution in [2.24, 2.45) is 17.9 Å². The number of ether oxygens (including phenoxy) is 1. The summed E-state index contributed by atoms with van der Waals surface area (Å²) in [5.41, 5.74) is 1.54. The lowest BCUT2D eigenvalue weighted by Crippen LogP contribution is -2.24. The van der Waals surface area contributed by atoms with Gasteiger partial charge in [0.1, 0.15) is 5.60 Å². The molecule has 0 aromatic carbocycles. The van der Waals surface area contributed by atoms with Crippen LogP contribution in [-0.4, -0.2) is 41.5 Å². The SMILES string of the molecule is CC(C)N.Cn1nc(C(F)(F)F)c(CS(=O)(=O)C2=NOC(C)(C)C2)c1OC(F)F. The highest BCUT2D eigenvalue weighted by atomic mass is 32.2. The molecule has 0 saturated heterocycles. The molecule has 2 heterocycles. The molecule has 2 N–H and O–H groups in total. The third kappa shape index (κ3) is 7.10. The Morgan fingerprint density at radius 2 is 1.83 bits per heavy atom. The summed E-state index contributed by atoms with van der Waals surface area (Å²) in [6.07, 6.45) is -5.22. The Labute approximate surface area is 164 Å². The van der Waals surface area contributed by atoms with Crippen LogP contribution >= 0.6 is 0 Å². The quantitative estimate of drug-likeness (QED) is 0.707. The van der Waals surface area contributed by atoms with Gasteiger partial charge in [-0.2, -0.15) is 27.1 Å². The van der Waals surface area contributed by atoms with Gasteiger partial charge in [-0.05, 0) is 19.9 Å². The Bertz CT molecular complexity index is 845. The van der Waals surface area contributed by atoms with E-state index in [2.05, 4.69) is 15.0 Å². The molecule has 0 fully saturated rings. The van der Waals surface area contributed by atoms with Crippen molar-refractivity contribution in [2.75, 3.05) is 0 Å². The molecule has 2 rings (SSSR count). The van der Waals surface area contributed by atoms with Crippen LogP contribution in [0, 0.1) is 0 Å². The van der Waals surface area contributed by atoms with E-state index in [4.69, 9.17) is 10.6 Å². The van der Waals surface area contributed by atoms with Crippen LogP contribution in [0.1, 0.15) is 45.4 Å². The van der Waals surface area contributed by atoms with Crippen LogP contribution in [0.3, 0.4) is 0 Å². The molecule has 0 radical (unpaired) electrons. The van der Waals surface area contributed by atoms with Crippen LogP contribution in [0.15, 0.2) is 5.16 Å². The number of alkyl halides is 5. The molecule has 1 aromatic rings. The molecule has 0 aliphatic carbocycles. The van der Waals surface area contributed by atoms with Crippen molar-refractivity contribution in [3.8, 4) is 5.88 Å². The van der Waals surface area contributed by atoms with Crippen LogP contribution in [0.4, 0.5) is 22.0 Å². The topological polar surface area (TPSA) is 109 Å². The smallest absolute Gasteiger partial charge is 0.417 e. The van der Waals surface area contributed by atoms with Gasteiger partial charge >= 0.3 is 12.8 Å². The maximum atomic E-state index is 13.1. The molecule has 0 spiro atoms. The highest BCUT2D eigenvalue weighted by molar-refractivity contribution is 8.05. The van der Waals surface area contributed by atoms with Gasteiger partial charge in [0.2, 0.25) is 5.88 Å². The number of sulfone groups is 1. The van der Waals surface area contributed by atoms with Crippen LogP contribution in [0.5, 0.6) is 5.88 Å². The Morgan fingerprint density at radius 3 is 2.21 bits per heavy atom. The Kier molecular flexibility index (Phi) is 7.62. The molecule has 1 aromatic heterocycles. The minimum atomic E-state index is -5.06. The zero-order valence-electron chi connectivity index (χ0n) is 16.4. The molecule has 1 aliphatic heterocycles. The van der Waals surface area contributed by atoms with Gasteiger partial charge in [0.05, 0.1) is 11.3 Å². The lowest BCUT2D eigenvalue weighted by atomic mass is 10.1. The Morgan fingerprint density at radius 1 is 1.31 bits per heavy atom. The van der Waals surface area contributed by atoms with E-state index < -0.39 is 56.2 Å². The standard InChI is InChI=1S/C12H14F5N3O4S.C3H9N/c1-11(2)4-7(19-24-11)25(21,22)5-6-8(12(15,16)17)18-20(3)9(6)23-10(13)14;1-3(2)4/h10H,4-5H2,1-3H3;3H,4H2,1-2H3. The number of rotatable bonds is 4. The molecule has 0 atom stereocenters. The molecule has 14 heteroatoms. The minimum Gasteiger partial charge on any atom is -0.417 e. The van der Waals surface area contributed by atoms with Crippen LogP contribution in [0.2, 0.25) is 0 Å². The van der Waals surface area contributed by atoms with Gasteiger partial charge in [-0.1, -0.05) is 19.0 Å². The number of nitrogens with zero attached hydrogens (tertiary/aromatic N) is 3. The largest absolute Gasteiger partial charge is 0.435 e. The second-order valence-electron chi connectivity index (χ2n) is 7.15. The second-order valence-corrected chi connectivity index (χ2v) is 9.14. The number of aryl methyl sites for hydroxylation is 1. The van der Waals surface area contributed by atoms with E-state index in [0.717, 1.165) is 7.05 Å². The van der Waals surface area contributed by atoms with E-state index in [9.17, 15) is 30.4 Å². The zero-order chi connectivity index (χ0) is 22.8. The summed E-state index contributed by atoms with van der Waals surface area (Å²) in [7, 11) is -3.43. The number of hydrogen-bond donors (Lipinski definition) is 1. The first-order valence-electron chi connectivity index (χ1n) is 8.27. The molecule has 29 heavy (non-hydrogen) atoms. The van der Waals surface area contributed by atoms with E-state index >= 15 is 0 Å². The molecule has 0 unspecified atom stereocenters. The fourth-order valence-corrected chi connectivity index (χ4v) is 3.71. The number of halogens is 5. The van der Waals surface area contributed by atoms with Crippen molar-refractivity contribution >= 4 is 14.9 Å². The molecule has 168 valence electrons. The molecule has 0 bridgehead atoms. The van der Waals surface area contributed by atoms with Crippen molar-refractivity contribution in [3.05, 3.63) is 11.3 Å². The summed E-state index contributed by atoms with van der Waals surface area (Å²) in [5, 5.41) is 5.97. The van der Waals surface area contributed by atoms with Gasteiger partial charge < -0.3 is 15.3 Å². The van der Waals surface area contributed by atoms with Crippen LogP contribution in [0.25, 0.3) is 0 Å². The van der Waals surface area contributed by atoms with Gasteiger partial charge in [0.25, 0.3) is 0 Å². The maximum Gasteiger partial charge on any atom is 0.435 e. The van der Waals surface area contributed by atoms with Crippen molar-refractivity contribution in [2.45, 2.75) is 64.3 Å². The average molecular weight is 450 g/mol. The van der Waals surface area contributed by atoms with Gasteiger partial charge in [-0.15, -0.1) is 0 Å². The third-order valence-electron chi connectivity index (χ3n) is 3.22. The molecule has 0 saturated carbocycles. The van der Waals surface area contributed by atoms with Crippen molar-refractivity contribution < 1.29 is 39.9 Å². The maximum absolute atomic E-state index is 13.1. The fourth-order valence-electron chi connectivity index (χ4n) is 2.19. The van der Waals surface area contributed by atoms with Gasteiger partial charge in [0, 0.05) is 13.5 Å². The summed E-state index contributed by atoms with van der Waals surface area (Å²) in [6, 6.07) is 0.333. The van der Waals surface area contributed by atoms with Crippen molar-refractivity contribution in [1.29, 1.82) is 0 Å². The number of oxime groups is 1. The van der Waals surface area contributed by atoms with Crippen molar-refractivity contribution in [3.63, 3.8) is 0 Å². The monoisotopic (exact) mass is 450 g/mol. The number of nitrogens with two attached hydrogens (primary N) is 1. The molecule has 0 amide bonds. The van der Waals surface area contributed by atoms with E-state index in [0.29, 0.717) is 10.7 Å². The Balaban J connectivity index is 0.000000960. The van der Waals surface area contributed by atoms with E-state index in [1.807, 2.05) is 13.8 Å². The minimum absolute atomic E-state index is 0.165. The molecular formula is C15H23F5N4O4S. The average Bonchev–Trinajstić information content (AvgIpc) is 3.00. The first kappa shape index (κ1) is 25.1. The first-order valence-corrected chi connectivity index (χ1v) is 9.93. The highest BCUT2D eigenvalue weighted by Gasteiger charge is 2.43. The predicted molar refractivity (Wildman–Crippen MR) is 94.0 cm³/mol. The summed E-state index contributed by atoms with van der Waals surface area (Å²) < 4.78 is 93.4. The summed E-state index contributed by atoms with van der Waals surface area (Å²) >= 11 is 0. The summed E-state index contributed by atoms with van der Waals surface area (Å²) in [5.74, 6) is -2.24. The van der Waals surface area contributed by atoms with Crippen LogP contribution < -0.4 is 10.5 Å². The zero-order valence-corrected chi connectivity index (χ0v) is 17.2. The molecule has 8 nitrogen and oxygen atoms in total. The van der Waals surface area contributed by atoms with Crippen molar-refractivity contribution in [1.82, 2.24) is 9.78 Å². The number of aromatic nitrogens is 2. The van der Waals surface area contributed by atoms with E-state index in [-0.39, 0.29) is 6.42 Å². The van der Waals surface area contributed by atoms with Gasteiger partial charge in [0.15, 0.2) is 20.6 Å². The molecular weight excluding hydrogens is 427 g/mol. The summed E-state index contributed by atoms with van der Waals surface area (Å²) in [4.78, 5) is 4.89. The molecule has 1 aliphatic rings. The van der Waals surface area contributed by atoms with Crippen LogP contribution in [-0.2, 0) is 33.7 Å². The predicted octanol–water partition coefficient (Wildman–Crippen LogP) is 2.82. The second kappa shape index (κ2) is 8.81. The first-order chi connectivity index (χ1) is 13.0. The third-order valence-corrected chi connectivity index (χ3v) is 4.83. The normalized spacial score (nSPS) is 16.4. The van der Waals surface area contributed by atoms with E-state index in [1.54, 1.807) is 0 Å². The fraction of sp³-hybridized carbons (Fsp3) is 0.733.